The highest BCUT2D eigenvalue weighted by atomic mass is 19.3. The Hall–Kier alpha value is -2.38. The standard InChI is InChI=1S/C14H18F2N2O4/c1-9(18-14(21)17-8-4-7-12(19)20)10-5-2-3-6-11(10)22-13(15)16/h2-3,5-6,9,13H,4,7-8H2,1H3,(H,19,20)(H2,17,18,21). The van der Waals surface area contributed by atoms with Crippen LogP contribution in [0.2, 0.25) is 0 Å². The second-order valence-corrected chi connectivity index (χ2v) is 4.54. The van der Waals surface area contributed by atoms with Gasteiger partial charge in [0.05, 0.1) is 6.04 Å². The van der Waals surface area contributed by atoms with E-state index in [1.165, 1.54) is 6.07 Å². The highest BCUT2D eigenvalue weighted by molar-refractivity contribution is 5.74. The number of aliphatic carboxylic acids is 1. The van der Waals surface area contributed by atoms with Gasteiger partial charge in [-0.15, -0.1) is 0 Å². The number of carboxylic acid groups (broad SMARTS) is 1. The van der Waals surface area contributed by atoms with Crippen molar-refractivity contribution in [3.05, 3.63) is 29.8 Å². The number of hydrogen-bond acceptors (Lipinski definition) is 3. The second-order valence-electron chi connectivity index (χ2n) is 4.54. The van der Waals surface area contributed by atoms with Gasteiger partial charge in [-0.2, -0.15) is 8.78 Å². The number of para-hydroxylation sites is 1. The normalized spacial score (nSPS) is 11.8. The van der Waals surface area contributed by atoms with Crippen LogP contribution in [0.15, 0.2) is 24.3 Å². The third-order valence-electron chi connectivity index (χ3n) is 2.80. The monoisotopic (exact) mass is 316 g/mol. The molecule has 1 rings (SSSR count). The van der Waals surface area contributed by atoms with Gasteiger partial charge in [-0.05, 0) is 19.4 Å². The molecule has 0 aromatic heterocycles. The maximum atomic E-state index is 12.3. The van der Waals surface area contributed by atoms with Crippen LogP contribution in [-0.4, -0.2) is 30.3 Å². The highest BCUT2D eigenvalue weighted by Crippen LogP contribution is 2.26. The van der Waals surface area contributed by atoms with Crippen LogP contribution >= 0.6 is 0 Å². The smallest absolute Gasteiger partial charge is 0.387 e. The van der Waals surface area contributed by atoms with Crippen molar-refractivity contribution in [2.24, 2.45) is 0 Å². The van der Waals surface area contributed by atoms with E-state index in [0.717, 1.165) is 0 Å². The molecule has 0 saturated heterocycles. The van der Waals surface area contributed by atoms with Gasteiger partial charge in [0, 0.05) is 18.5 Å². The summed E-state index contributed by atoms with van der Waals surface area (Å²) in [4.78, 5) is 22.0. The fourth-order valence-corrected chi connectivity index (χ4v) is 1.81. The summed E-state index contributed by atoms with van der Waals surface area (Å²) in [7, 11) is 0. The Bertz CT molecular complexity index is 511. The fourth-order valence-electron chi connectivity index (χ4n) is 1.81. The van der Waals surface area contributed by atoms with Gasteiger partial charge < -0.3 is 20.5 Å². The zero-order valence-electron chi connectivity index (χ0n) is 12.0. The Morgan fingerprint density at radius 3 is 2.64 bits per heavy atom. The first-order chi connectivity index (χ1) is 10.4. The number of nitrogens with one attached hydrogen (secondary N) is 2. The Morgan fingerprint density at radius 2 is 2.00 bits per heavy atom. The average molecular weight is 316 g/mol. The van der Waals surface area contributed by atoms with Crippen LogP contribution in [0, 0.1) is 0 Å². The summed E-state index contributed by atoms with van der Waals surface area (Å²) in [6.07, 6.45) is 0.267. The molecule has 122 valence electrons. The predicted octanol–water partition coefficient (Wildman–Crippen LogP) is 2.51. The largest absolute Gasteiger partial charge is 0.481 e. The molecule has 3 N–H and O–H groups in total. The second kappa shape index (κ2) is 8.81. The van der Waals surface area contributed by atoms with E-state index in [0.29, 0.717) is 12.0 Å². The SMILES string of the molecule is CC(NC(=O)NCCCC(=O)O)c1ccccc1OC(F)F. The van der Waals surface area contributed by atoms with Crippen LogP contribution in [-0.2, 0) is 4.79 Å². The minimum absolute atomic E-state index is 0.00354. The Kier molecular flexibility index (Phi) is 7.07. The molecule has 1 aromatic carbocycles. The van der Waals surface area contributed by atoms with Crippen molar-refractivity contribution in [1.82, 2.24) is 10.6 Å². The van der Waals surface area contributed by atoms with Gasteiger partial charge in [-0.25, -0.2) is 4.79 Å². The minimum atomic E-state index is -2.95. The van der Waals surface area contributed by atoms with Crippen molar-refractivity contribution in [3.63, 3.8) is 0 Å². The zero-order chi connectivity index (χ0) is 16.5. The molecule has 1 atom stereocenters. The lowest BCUT2D eigenvalue weighted by Gasteiger charge is -2.18. The molecule has 0 fully saturated rings. The molecule has 22 heavy (non-hydrogen) atoms. The van der Waals surface area contributed by atoms with E-state index in [4.69, 9.17) is 5.11 Å². The number of alkyl halides is 2. The molecule has 0 aliphatic carbocycles. The first-order valence-corrected chi connectivity index (χ1v) is 6.70. The summed E-state index contributed by atoms with van der Waals surface area (Å²) >= 11 is 0. The first-order valence-electron chi connectivity index (χ1n) is 6.70. The van der Waals surface area contributed by atoms with Gasteiger partial charge in [-0.1, -0.05) is 18.2 Å². The van der Waals surface area contributed by atoms with E-state index in [9.17, 15) is 18.4 Å². The molecule has 0 spiro atoms. The van der Waals surface area contributed by atoms with Crippen LogP contribution < -0.4 is 15.4 Å². The van der Waals surface area contributed by atoms with Gasteiger partial charge in [-0.3, -0.25) is 4.79 Å². The number of carboxylic acids is 1. The molecular weight excluding hydrogens is 298 g/mol. The van der Waals surface area contributed by atoms with E-state index >= 15 is 0 Å². The van der Waals surface area contributed by atoms with Gasteiger partial charge >= 0.3 is 18.6 Å². The quantitative estimate of drug-likeness (QED) is 0.643. The maximum absolute atomic E-state index is 12.3. The highest BCUT2D eigenvalue weighted by Gasteiger charge is 2.16. The maximum Gasteiger partial charge on any atom is 0.387 e. The van der Waals surface area contributed by atoms with Crippen molar-refractivity contribution in [2.45, 2.75) is 32.4 Å². The number of urea groups is 1. The van der Waals surface area contributed by atoms with Crippen LogP contribution in [0.3, 0.4) is 0 Å². The lowest BCUT2D eigenvalue weighted by Crippen LogP contribution is -2.37. The Morgan fingerprint density at radius 1 is 1.32 bits per heavy atom. The number of rotatable bonds is 8. The Labute approximate surface area is 126 Å². The molecule has 2 amide bonds. The number of benzene rings is 1. The van der Waals surface area contributed by atoms with E-state index in [1.54, 1.807) is 25.1 Å². The molecule has 8 heteroatoms. The molecule has 0 aliphatic rings. The number of amides is 2. The molecule has 6 nitrogen and oxygen atoms in total. The van der Waals surface area contributed by atoms with Gasteiger partial charge in [0.2, 0.25) is 0 Å². The first kappa shape index (κ1) is 17.7. The lowest BCUT2D eigenvalue weighted by atomic mass is 10.1. The van der Waals surface area contributed by atoms with Crippen LogP contribution in [0.4, 0.5) is 13.6 Å². The summed E-state index contributed by atoms with van der Waals surface area (Å²) in [6, 6.07) is 5.12. The van der Waals surface area contributed by atoms with Crippen molar-refractivity contribution in [1.29, 1.82) is 0 Å². The summed E-state index contributed by atoms with van der Waals surface area (Å²) < 4.78 is 29.1. The number of ether oxygens (including phenoxy) is 1. The molecule has 0 aliphatic heterocycles. The van der Waals surface area contributed by atoms with Crippen molar-refractivity contribution in [2.75, 3.05) is 6.54 Å². The third kappa shape index (κ3) is 6.38. The molecule has 0 bridgehead atoms. The Balaban J connectivity index is 2.52. The van der Waals surface area contributed by atoms with Crippen molar-refractivity contribution >= 4 is 12.0 Å². The zero-order valence-corrected chi connectivity index (χ0v) is 12.0. The molecule has 0 saturated carbocycles. The number of hydrogen-bond donors (Lipinski definition) is 3. The van der Waals surface area contributed by atoms with E-state index < -0.39 is 24.7 Å². The lowest BCUT2D eigenvalue weighted by molar-refractivity contribution is -0.137. The predicted molar refractivity (Wildman–Crippen MR) is 74.9 cm³/mol. The van der Waals surface area contributed by atoms with E-state index in [2.05, 4.69) is 15.4 Å². The van der Waals surface area contributed by atoms with Gasteiger partial charge in [0.1, 0.15) is 5.75 Å². The summed E-state index contributed by atoms with van der Waals surface area (Å²) in [5.74, 6) is -0.940. The molecular formula is C14H18F2N2O4. The van der Waals surface area contributed by atoms with Crippen molar-refractivity contribution in [3.8, 4) is 5.75 Å². The van der Waals surface area contributed by atoms with Crippen LogP contribution in [0.25, 0.3) is 0 Å². The number of halogens is 2. The van der Waals surface area contributed by atoms with E-state index in [-0.39, 0.29) is 18.7 Å². The van der Waals surface area contributed by atoms with Crippen LogP contribution in [0.5, 0.6) is 5.75 Å². The summed E-state index contributed by atoms with van der Waals surface area (Å²) in [5, 5.41) is 13.5. The van der Waals surface area contributed by atoms with E-state index in [1.807, 2.05) is 0 Å². The minimum Gasteiger partial charge on any atom is -0.481 e. The summed E-state index contributed by atoms with van der Waals surface area (Å²) in [5.41, 5.74) is 0.420. The topological polar surface area (TPSA) is 87.7 Å². The van der Waals surface area contributed by atoms with Gasteiger partial charge in [0.25, 0.3) is 0 Å². The third-order valence-corrected chi connectivity index (χ3v) is 2.80. The number of carbonyl (C=O) groups is 2. The molecule has 0 heterocycles. The molecule has 1 aromatic rings. The van der Waals surface area contributed by atoms with Crippen LogP contribution in [0.1, 0.15) is 31.4 Å². The molecule has 1 unspecified atom stereocenters. The summed E-state index contributed by atoms with van der Waals surface area (Å²) in [6.45, 7) is -1.11. The number of carbonyl (C=O) groups excluding carboxylic acids is 1. The average Bonchev–Trinajstić information content (AvgIpc) is 2.43. The van der Waals surface area contributed by atoms with Crippen molar-refractivity contribution < 1.29 is 28.2 Å². The fraction of sp³-hybridized carbons (Fsp3) is 0.429. The van der Waals surface area contributed by atoms with Gasteiger partial charge in [0.15, 0.2) is 0 Å². The molecule has 0 radical (unpaired) electrons.